The number of rotatable bonds is 8. The molecule has 1 aromatic carbocycles. The lowest BCUT2D eigenvalue weighted by Gasteiger charge is -2.21. The topological polar surface area (TPSA) is 89.7 Å². The number of nitrogens with zero attached hydrogens (tertiary/aromatic N) is 1. The molecule has 0 aliphatic rings. The van der Waals surface area contributed by atoms with Crippen molar-refractivity contribution in [2.24, 2.45) is 5.73 Å². The molecule has 21 heavy (non-hydrogen) atoms. The molecule has 0 bridgehead atoms. The molecule has 0 saturated carbocycles. The van der Waals surface area contributed by atoms with Gasteiger partial charge in [0.15, 0.2) is 9.84 Å². The first-order chi connectivity index (χ1) is 9.71. The van der Waals surface area contributed by atoms with Crippen LogP contribution in [-0.4, -0.2) is 51.7 Å². The van der Waals surface area contributed by atoms with Gasteiger partial charge in [-0.1, -0.05) is 0 Å². The van der Waals surface area contributed by atoms with Gasteiger partial charge in [-0.25, -0.2) is 8.42 Å². The Morgan fingerprint density at radius 2 is 1.90 bits per heavy atom. The van der Waals surface area contributed by atoms with Crippen LogP contribution >= 0.6 is 0 Å². The molecular weight excluding hydrogens is 292 g/mol. The summed E-state index contributed by atoms with van der Waals surface area (Å²) in [5.74, 6) is 0.266. The second-order valence-electron chi connectivity index (χ2n) is 5.00. The van der Waals surface area contributed by atoms with Gasteiger partial charge in [-0.05, 0) is 44.7 Å². The Labute approximate surface area is 125 Å². The van der Waals surface area contributed by atoms with Crippen LogP contribution in [0.15, 0.2) is 29.2 Å². The average molecular weight is 314 g/mol. The van der Waals surface area contributed by atoms with Crippen LogP contribution in [0, 0.1) is 0 Å². The zero-order valence-electron chi connectivity index (χ0n) is 12.6. The summed E-state index contributed by atoms with van der Waals surface area (Å²) in [6, 6.07) is 6.00. The van der Waals surface area contributed by atoms with Gasteiger partial charge in [0.05, 0.1) is 17.5 Å². The van der Waals surface area contributed by atoms with Gasteiger partial charge in [-0.15, -0.1) is 0 Å². The van der Waals surface area contributed by atoms with Crippen LogP contribution in [0.3, 0.4) is 0 Å². The van der Waals surface area contributed by atoms with Crippen LogP contribution in [0.1, 0.15) is 13.3 Å². The Hall–Kier alpha value is -1.60. The van der Waals surface area contributed by atoms with Crippen LogP contribution in [0.4, 0.5) is 0 Å². The number of amides is 1. The van der Waals surface area contributed by atoms with Crippen LogP contribution in [0.2, 0.25) is 0 Å². The SMILES string of the molecule is C[C@@H](C(N)=O)N(C)CCCOc1ccc(S(C)(=O)=O)cc1. The van der Waals surface area contributed by atoms with E-state index in [0.717, 1.165) is 6.42 Å². The standard InChI is InChI=1S/C14H22N2O4S/c1-11(14(15)17)16(2)9-4-10-20-12-5-7-13(8-6-12)21(3,18)19/h5-8,11H,4,9-10H2,1-3H3,(H2,15,17)/t11-/m0/s1. The minimum atomic E-state index is -3.18. The number of benzene rings is 1. The summed E-state index contributed by atoms with van der Waals surface area (Å²) in [5, 5.41) is 0. The van der Waals surface area contributed by atoms with Gasteiger partial charge in [-0.3, -0.25) is 9.69 Å². The van der Waals surface area contributed by atoms with Gasteiger partial charge in [0, 0.05) is 12.8 Å². The normalized spacial score (nSPS) is 13.1. The monoisotopic (exact) mass is 314 g/mol. The van der Waals surface area contributed by atoms with Crippen molar-refractivity contribution in [3.63, 3.8) is 0 Å². The van der Waals surface area contributed by atoms with E-state index >= 15 is 0 Å². The molecule has 1 rings (SSSR count). The lowest BCUT2D eigenvalue weighted by Crippen LogP contribution is -2.40. The summed E-state index contributed by atoms with van der Waals surface area (Å²) in [6.45, 7) is 2.92. The number of carbonyl (C=O) groups is 1. The molecule has 7 heteroatoms. The van der Waals surface area contributed by atoms with Gasteiger partial charge in [0.1, 0.15) is 5.75 Å². The van der Waals surface area contributed by atoms with Crippen molar-refractivity contribution >= 4 is 15.7 Å². The van der Waals surface area contributed by atoms with Crippen molar-refractivity contribution < 1.29 is 17.9 Å². The van der Waals surface area contributed by atoms with Crippen LogP contribution in [-0.2, 0) is 14.6 Å². The zero-order chi connectivity index (χ0) is 16.0. The molecule has 0 unspecified atom stereocenters. The largest absolute Gasteiger partial charge is 0.494 e. The third kappa shape index (κ3) is 5.73. The lowest BCUT2D eigenvalue weighted by molar-refractivity contribution is -0.122. The van der Waals surface area contributed by atoms with E-state index in [1.807, 2.05) is 11.9 Å². The summed E-state index contributed by atoms with van der Waals surface area (Å²) in [7, 11) is -1.35. The second kappa shape index (κ2) is 7.42. The van der Waals surface area contributed by atoms with Crippen molar-refractivity contribution in [1.29, 1.82) is 0 Å². The molecule has 0 saturated heterocycles. The third-order valence-electron chi connectivity index (χ3n) is 3.25. The minimum absolute atomic E-state index is 0.268. The van der Waals surface area contributed by atoms with Gasteiger partial charge in [-0.2, -0.15) is 0 Å². The molecular formula is C14H22N2O4S. The molecule has 1 amide bonds. The number of primary amides is 1. The zero-order valence-corrected chi connectivity index (χ0v) is 13.4. The molecule has 118 valence electrons. The van der Waals surface area contributed by atoms with E-state index in [-0.39, 0.29) is 16.8 Å². The predicted molar refractivity (Wildman–Crippen MR) is 81.0 cm³/mol. The Balaban J connectivity index is 2.38. The van der Waals surface area contributed by atoms with Crippen LogP contribution < -0.4 is 10.5 Å². The highest BCUT2D eigenvalue weighted by Gasteiger charge is 2.13. The molecule has 0 aliphatic carbocycles. The number of likely N-dealkylation sites (N-methyl/N-ethyl adjacent to an activating group) is 1. The lowest BCUT2D eigenvalue weighted by atomic mass is 10.2. The maximum Gasteiger partial charge on any atom is 0.234 e. The molecule has 0 spiro atoms. The number of hydrogen-bond acceptors (Lipinski definition) is 5. The van der Waals surface area contributed by atoms with E-state index in [1.54, 1.807) is 19.1 Å². The quantitative estimate of drug-likeness (QED) is 0.712. The fourth-order valence-corrected chi connectivity index (χ4v) is 2.33. The highest BCUT2D eigenvalue weighted by Crippen LogP contribution is 2.15. The molecule has 1 atom stereocenters. The number of nitrogens with two attached hydrogens (primary N) is 1. The van der Waals surface area contributed by atoms with E-state index in [9.17, 15) is 13.2 Å². The smallest absolute Gasteiger partial charge is 0.234 e. The summed E-state index contributed by atoms with van der Waals surface area (Å²) in [6.07, 6.45) is 1.90. The van der Waals surface area contributed by atoms with E-state index in [1.165, 1.54) is 18.4 Å². The molecule has 1 aromatic rings. The predicted octanol–water partition coefficient (Wildman–Crippen LogP) is 0.665. The van der Waals surface area contributed by atoms with Crippen molar-refractivity contribution in [2.75, 3.05) is 26.5 Å². The van der Waals surface area contributed by atoms with Crippen molar-refractivity contribution in [3.8, 4) is 5.75 Å². The molecule has 0 radical (unpaired) electrons. The van der Waals surface area contributed by atoms with E-state index in [2.05, 4.69) is 0 Å². The van der Waals surface area contributed by atoms with Crippen LogP contribution in [0.5, 0.6) is 5.75 Å². The fourth-order valence-electron chi connectivity index (χ4n) is 1.70. The summed E-state index contributed by atoms with van der Waals surface area (Å²) >= 11 is 0. The first-order valence-corrected chi connectivity index (χ1v) is 8.53. The van der Waals surface area contributed by atoms with Gasteiger partial charge in [0.2, 0.25) is 5.91 Å². The van der Waals surface area contributed by atoms with E-state index in [4.69, 9.17) is 10.5 Å². The second-order valence-corrected chi connectivity index (χ2v) is 7.02. The Kier molecular flexibility index (Phi) is 6.17. The molecule has 0 aromatic heterocycles. The minimum Gasteiger partial charge on any atom is -0.494 e. The van der Waals surface area contributed by atoms with Gasteiger partial charge >= 0.3 is 0 Å². The summed E-state index contributed by atoms with van der Waals surface area (Å²) in [5.41, 5.74) is 5.22. The first kappa shape index (κ1) is 17.5. The average Bonchev–Trinajstić information content (AvgIpc) is 2.42. The fraction of sp³-hybridized carbons (Fsp3) is 0.500. The highest BCUT2D eigenvalue weighted by atomic mass is 32.2. The Bertz CT molecular complexity index is 569. The number of hydrogen-bond donors (Lipinski definition) is 1. The number of carbonyl (C=O) groups excluding carboxylic acids is 1. The van der Waals surface area contributed by atoms with E-state index in [0.29, 0.717) is 18.9 Å². The molecule has 0 fully saturated rings. The first-order valence-electron chi connectivity index (χ1n) is 6.64. The maximum atomic E-state index is 11.3. The molecule has 0 aliphatic heterocycles. The Morgan fingerprint density at radius 3 is 2.38 bits per heavy atom. The van der Waals surface area contributed by atoms with Crippen molar-refractivity contribution in [1.82, 2.24) is 4.90 Å². The third-order valence-corrected chi connectivity index (χ3v) is 4.38. The molecule has 0 heterocycles. The van der Waals surface area contributed by atoms with Gasteiger partial charge in [0.25, 0.3) is 0 Å². The summed E-state index contributed by atoms with van der Waals surface area (Å²) < 4.78 is 28.2. The number of ether oxygens (including phenoxy) is 1. The van der Waals surface area contributed by atoms with Crippen LogP contribution in [0.25, 0.3) is 0 Å². The number of sulfone groups is 1. The summed E-state index contributed by atoms with van der Waals surface area (Å²) in [4.78, 5) is 13.1. The van der Waals surface area contributed by atoms with Gasteiger partial charge < -0.3 is 10.5 Å². The molecule has 2 N–H and O–H groups in total. The highest BCUT2D eigenvalue weighted by molar-refractivity contribution is 7.90. The molecule has 6 nitrogen and oxygen atoms in total. The van der Waals surface area contributed by atoms with E-state index < -0.39 is 9.84 Å². The maximum absolute atomic E-state index is 11.3. The Morgan fingerprint density at radius 1 is 1.33 bits per heavy atom. The van der Waals surface area contributed by atoms with Crippen molar-refractivity contribution in [3.05, 3.63) is 24.3 Å². The van der Waals surface area contributed by atoms with Crippen molar-refractivity contribution in [2.45, 2.75) is 24.3 Å².